The molecule has 0 aliphatic carbocycles. The summed E-state index contributed by atoms with van der Waals surface area (Å²) >= 11 is 5.63. The van der Waals surface area contributed by atoms with Crippen molar-refractivity contribution in [3.8, 4) is 0 Å². The van der Waals surface area contributed by atoms with E-state index in [-0.39, 0.29) is 9.92 Å². The first-order valence-corrected chi connectivity index (χ1v) is 7.33. The van der Waals surface area contributed by atoms with Gasteiger partial charge in [-0.2, -0.15) is 9.66 Å². The van der Waals surface area contributed by atoms with Crippen molar-refractivity contribution in [1.29, 1.82) is 0 Å². The Hall–Kier alpha value is -0.750. The minimum atomic E-state index is -4.06. The van der Waals surface area contributed by atoms with Crippen LogP contribution >= 0.6 is 11.6 Å². The summed E-state index contributed by atoms with van der Waals surface area (Å²) in [5.74, 6) is 9.62. The molecule has 0 radical (unpaired) electrons. The van der Waals surface area contributed by atoms with Gasteiger partial charge in [0.15, 0.2) is 0 Å². The van der Waals surface area contributed by atoms with Crippen molar-refractivity contribution >= 4 is 31.6 Å². The van der Waals surface area contributed by atoms with Crippen LogP contribution in [0.25, 0.3) is 0 Å². The number of sulfonamides is 2. The topological polar surface area (TPSA) is 144 Å². The Labute approximate surface area is 103 Å². The van der Waals surface area contributed by atoms with Crippen molar-refractivity contribution in [3.63, 3.8) is 0 Å². The van der Waals surface area contributed by atoms with Gasteiger partial charge in [0.2, 0.25) is 0 Å². The van der Waals surface area contributed by atoms with Crippen LogP contribution in [0.3, 0.4) is 0 Å². The third-order valence-electron chi connectivity index (χ3n) is 1.81. The van der Waals surface area contributed by atoms with Crippen LogP contribution in [0.2, 0.25) is 5.02 Å². The maximum Gasteiger partial charge on any atom is 0.254 e. The van der Waals surface area contributed by atoms with Gasteiger partial charge >= 0.3 is 0 Å². The van der Waals surface area contributed by atoms with Gasteiger partial charge in [0.05, 0.1) is 9.92 Å². The van der Waals surface area contributed by atoms with E-state index in [0.717, 1.165) is 18.2 Å². The molecular formula is C6H9ClN4O4S2. The smallest absolute Gasteiger partial charge is 0.254 e. The number of nitrogens with two attached hydrogens (primary N) is 2. The Morgan fingerprint density at radius 2 is 1.53 bits per heavy atom. The molecule has 0 bridgehead atoms. The molecule has 0 amide bonds. The van der Waals surface area contributed by atoms with Gasteiger partial charge in [0.25, 0.3) is 20.0 Å². The second-order valence-corrected chi connectivity index (χ2v) is 6.64. The second-order valence-electron chi connectivity index (χ2n) is 2.83. The first kappa shape index (κ1) is 14.3. The number of benzene rings is 1. The summed E-state index contributed by atoms with van der Waals surface area (Å²) in [5.41, 5.74) is 0. The van der Waals surface area contributed by atoms with Crippen LogP contribution in [0.4, 0.5) is 0 Å². The highest BCUT2D eigenvalue weighted by atomic mass is 35.5. The standard InChI is InChI=1S/C6H9ClN4O4S2/c7-5-2-1-4(16(12,13)10-8)3-6(5)17(14,15)11-9/h1-3,10-11H,8-9H2. The quantitative estimate of drug-likeness (QED) is 0.399. The highest BCUT2D eigenvalue weighted by Gasteiger charge is 2.20. The molecule has 17 heavy (non-hydrogen) atoms. The Balaban J connectivity index is 3.51. The molecule has 0 unspecified atom stereocenters. The van der Waals surface area contributed by atoms with Crippen molar-refractivity contribution in [2.24, 2.45) is 11.7 Å². The summed E-state index contributed by atoms with van der Waals surface area (Å²) in [4.78, 5) is 2.28. The second kappa shape index (κ2) is 4.86. The molecule has 0 atom stereocenters. The molecule has 0 saturated carbocycles. The van der Waals surface area contributed by atoms with Crippen LogP contribution in [0.15, 0.2) is 28.0 Å². The van der Waals surface area contributed by atoms with E-state index in [1.54, 1.807) is 4.83 Å². The average molecular weight is 301 g/mol. The van der Waals surface area contributed by atoms with E-state index in [0.29, 0.717) is 0 Å². The van der Waals surface area contributed by atoms with Gasteiger partial charge in [-0.25, -0.2) is 16.8 Å². The third kappa shape index (κ3) is 2.93. The van der Waals surface area contributed by atoms with Crippen molar-refractivity contribution in [2.75, 3.05) is 0 Å². The molecule has 1 rings (SSSR count). The lowest BCUT2D eigenvalue weighted by atomic mass is 10.4. The van der Waals surface area contributed by atoms with E-state index >= 15 is 0 Å². The van der Waals surface area contributed by atoms with Crippen molar-refractivity contribution in [2.45, 2.75) is 9.79 Å². The zero-order valence-corrected chi connectivity index (χ0v) is 10.6. The van der Waals surface area contributed by atoms with E-state index in [1.807, 2.05) is 0 Å². The van der Waals surface area contributed by atoms with Crippen LogP contribution in [0.1, 0.15) is 0 Å². The lowest BCUT2D eigenvalue weighted by Gasteiger charge is -2.07. The van der Waals surface area contributed by atoms with Gasteiger partial charge in [-0.05, 0) is 18.2 Å². The fraction of sp³-hybridized carbons (Fsp3) is 0. The molecule has 6 N–H and O–H groups in total. The molecule has 1 aromatic carbocycles. The first-order valence-electron chi connectivity index (χ1n) is 3.99. The van der Waals surface area contributed by atoms with Gasteiger partial charge < -0.3 is 0 Å². The molecule has 0 spiro atoms. The molecule has 0 saturated heterocycles. The predicted octanol–water partition coefficient (Wildman–Crippen LogP) is -1.36. The minimum Gasteiger partial charge on any atom is -0.257 e. The van der Waals surface area contributed by atoms with E-state index < -0.39 is 24.9 Å². The molecule has 8 nitrogen and oxygen atoms in total. The monoisotopic (exact) mass is 300 g/mol. The number of hydrazine groups is 2. The van der Waals surface area contributed by atoms with Crippen LogP contribution in [0, 0.1) is 0 Å². The summed E-state index contributed by atoms with van der Waals surface area (Å²) in [6.45, 7) is 0. The molecule has 0 aliphatic heterocycles. The van der Waals surface area contributed by atoms with Gasteiger partial charge in [-0.1, -0.05) is 11.6 Å². The maximum atomic E-state index is 11.4. The van der Waals surface area contributed by atoms with Gasteiger partial charge in [0.1, 0.15) is 4.90 Å². The Morgan fingerprint density at radius 1 is 1.00 bits per heavy atom. The highest BCUT2D eigenvalue weighted by Crippen LogP contribution is 2.24. The van der Waals surface area contributed by atoms with E-state index in [4.69, 9.17) is 23.3 Å². The van der Waals surface area contributed by atoms with E-state index in [1.165, 1.54) is 4.83 Å². The van der Waals surface area contributed by atoms with Crippen LogP contribution in [-0.2, 0) is 20.0 Å². The molecule has 96 valence electrons. The summed E-state index contributed by atoms with van der Waals surface area (Å²) in [6, 6.07) is 3.05. The number of hydrogen-bond donors (Lipinski definition) is 4. The van der Waals surface area contributed by atoms with Crippen molar-refractivity contribution < 1.29 is 16.8 Å². The zero-order chi connectivity index (χ0) is 13.3. The minimum absolute atomic E-state index is 0.168. The third-order valence-corrected chi connectivity index (χ3v) is 4.67. The van der Waals surface area contributed by atoms with Gasteiger partial charge in [-0.3, -0.25) is 11.7 Å². The normalized spacial score (nSPS) is 12.6. The largest absolute Gasteiger partial charge is 0.257 e. The molecular weight excluding hydrogens is 292 g/mol. The number of hydrogen-bond acceptors (Lipinski definition) is 6. The molecule has 0 aliphatic rings. The Kier molecular flexibility index (Phi) is 4.09. The molecule has 0 heterocycles. The van der Waals surface area contributed by atoms with Gasteiger partial charge in [0, 0.05) is 0 Å². The SMILES string of the molecule is NNS(=O)(=O)c1ccc(Cl)c(S(=O)(=O)NN)c1. The van der Waals surface area contributed by atoms with E-state index in [2.05, 4.69) is 0 Å². The van der Waals surface area contributed by atoms with Crippen LogP contribution in [-0.4, -0.2) is 16.8 Å². The lowest BCUT2D eigenvalue weighted by Crippen LogP contribution is -2.32. The van der Waals surface area contributed by atoms with Gasteiger partial charge in [-0.15, -0.1) is 0 Å². The average Bonchev–Trinajstić information content (AvgIpc) is 2.29. The first-order chi connectivity index (χ1) is 7.74. The predicted molar refractivity (Wildman–Crippen MR) is 60.5 cm³/mol. The summed E-state index contributed by atoms with van der Waals surface area (Å²) in [7, 11) is -8.03. The summed E-state index contributed by atoms with van der Waals surface area (Å²) in [5, 5.41) is -0.168. The maximum absolute atomic E-state index is 11.4. The summed E-state index contributed by atoms with van der Waals surface area (Å²) in [6.07, 6.45) is 0. The Bertz CT molecular complexity index is 627. The highest BCUT2D eigenvalue weighted by molar-refractivity contribution is 7.90. The summed E-state index contributed by atoms with van der Waals surface area (Å²) < 4.78 is 45.6. The molecule has 1 aromatic rings. The molecule has 11 heteroatoms. The fourth-order valence-corrected chi connectivity index (χ4v) is 2.88. The molecule has 0 fully saturated rings. The van der Waals surface area contributed by atoms with Crippen molar-refractivity contribution in [1.82, 2.24) is 9.66 Å². The fourth-order valence-electron chi connectivity index (χ4n) is 0.988. The zero-order valence-electron chi connectivity index (χ0n) is 8.21. The number of nitrogens with one attached hydrogen (secondary N) is 2. The van der Waals surface area contributed by atoms with Crippen LogP contribution in [0.5, 0.6) is 0 Å². The number of rotatable bonds is 4. The number of halogens is 1. The van der Waals surface area contributed by atoms with E-state index in [9.17, 15) is 16.8 Å². The lowest BCUT2D eigenvalue weighted by molar-refractivity contribution is 0.582. The van der Waals surface area contributed by atoms with Crippen molar-refractivity contribution in [3.05, 3.63) is 23.2 Å². The molecule has 0 aromatic heterocycles. The Morgan fingerprint density at radius 3 is 2.00 bits per heavy atom. The van der Waals surface area contributed by atoms with Crippen LogP contribution < -0.4 is 21.3 Å².